The van der Waals surface area contributed by atoms with Gasteiger partial charge in [0.1, 0.15) is 5.75 Å². The van der Waals surface area contributed by atoms with E-state index in [0.29, 0.717) is 23.6 Å². The number of anilines is 1. The number of benzene rings is 2. The van der Waals surface area contributed by atoms with E-state index in [9.17, 15) is 23.1 Å². The summed E-state index contributed by atoms with van der Waals surface area (Å²) in [6, 6.07) is 11.4. The van der Waals surface area contributed by atoms with Gasteiger partial charge in [-0.2, -0.15) is 4.31 Å². The van der Waals surface area contributed by atoms with Gasteiger partial charge in [0.05, 0.1) is 35.3 Å². The number of aliphatic hydroxyl groups is 1. The van der Waals surface area contributed by atoms with Crippen LogP contribution in [0.25, 0.3) is 0 Å². The van der Waals surface area contributed by atoms with Crippen LogP contribution in [0, 0.1) is 18.8 Å². The maximum absolute atomic E-state index is 14.4. The summed E-state index contributed by atoms with van der Waals surface area (Å²) >= 11 is 0. The summed E-state index contributed by atoms with van der Waals surface area (Å²) in [5.41, 5.74) is 1.80. The zero-order valence-corrected chi connectivity index (χ0v) is 29.4. The van der Waals surface area contributed by atoms with E-state index in [2.05, 4.69) is 5.32 Å². The number of hydrogen-bond acceptors (Lipinski definition) is 7. The fourth-order valence-electron chi connectivity index (χ4n) is 6.31. The minimum Gasteiger partial charge on any atom is -0.490 e. The molecule has 0 spiro atoms. The van der Waals surface area contributed by atoms with Crippen molar-refractivity contribution in [1.29, 1.82) is 0 Å². The van der Waals surface area contributed by atoms with Crippen LogP contribution >= 0.6 is 0 Å². The molecule has 0 aromatic heterocycles. The van der Waals surface area contributed by atoms with Crippen molar-refractivity contribution in [3.63, 3.8) is 0 Å². The van der Waals surface area contributed by atoms with Crippen molar-refractivity contribution >= 4 is 27.5 Å². The first-order valence-electron chi connectivity index (χ1n) is 17.1. The van der Waals surface area contributed by atoms with Crippen LogP contribution in [0.4, 0.5) is 5.69 Å². The number of sulfonamides is 1. The number of carbonyl (C=O) groups excluding carboxylic acids is 2. The molecule has 10 nitrogen and oxygen atoms in total. The highest BCUT2D eigenvalue weighted by Crippen LogP contribution is 2.30. The van der Waals surface area contributed by atoms with E-state index in [1.807, 2.05) is 20.8 Å². The van der Waals surface area contributed by atoms with Crippen LogP contribution in [0.5, 0.6) is 5.75 Å². The second kappa shape index (κ2) is 16.9. The molecule has 1 fully saturated rings. The lowest BCUT2D eigenvalue weighted by molar-refractivity contribution is -0.120. The van der Waals surface area contributed by atoms with Crippen molar-refractivity contribution in [3.05, 3.63) is 53.6 Å². The molecule has 1 heterocycles. The monoisotopic (exact) mass is 671 g/mol. The number of aliphatic hydroxyl groups excluding tert-OH is 1. The molecule has 0 bridgehead atoms. The molecule has 1 aliphatic carbocycles. The molecule has 2 amide bonds. The summed E-state index contributed by atoms with van der Waals surface area (Å²) in [6.07, 6.45) is 6.57. The molecular weight excluding hydrogens is 618 g/mol. The third-order valence-electron chi connectivity index (χ3n) is 9.46. The van der Waals surface area contributed by atoms with Gasteiger partial charge in [0.2, 0.25) is 15.9 Å². The maximum atomic E-state index is 14.4. The van der Waals surface area contributed by atoms with E-state index in [4.69, 9.17) is 9.47 Å². The van der Waals surface area contributed by atoms with E-state index < -0.39 is 22.2 Å². The number of carbonyl (C=O) groups is 2. The Morgan fingerprint density at radius 2 is 1.72 bits per heavy atom. The van der Waals surface area contributed by atoms with Gasteiger partial charge in [0.15, 0.2) is 0 Å². The van der Waals surface area contributed by atoms with Crippen LogP contribution in [0.1, 0.15) is 88.1 Å². The smallest absolute Gasteiger partial charge is 0.258 e. The fourth-order valence-corrected chi connectivity index (χ4v) is 7.50. The van der Waals surface area contributed by atoms with E-state index in [-0.39, 0.29) is 54.3 Å². The highest BCUT2D eigenvalue weighted by Gasteiger charge is 2.32. The molecule has 260 valence electrons. The molecule has 1 saturated carbocycles. The lowest BCUT2D eigenvalue weighted by atomic mass is 9.88. The Balaban J connectivity index is 1.62. The van der Waals surface area contributed by atoms with Gasteiger partial charge >= 0.3 is 0 Å². The Morgan fingerprint density at radius 1 is 1.04 bits per heavy atom. The van der Waals surface area contributed by atoms with E-state index >= 15 is 0 Å². The number of likely N-dealkylation sites (N-methyl/N-ethyl adjacent to an activating group) is 1. The van der Waals surface area contributed by atoms with Crippen molar-refractivity contribution in [3.8, 4) is 5.75 Å². The number of nitrogens with one attached hydrogen (secondary N) is 1. The Bertz CT molecular complexity index is 1440. The quantitative estimate of drug-likeness (QED) is 0.373. The first-order chi connectivity index (χ1) is 22.4. The number of rotatable bonds is 8. The number of fused-ring (bicyclic) bond motifs is 1. The van der Waals surface area contributed by atoms with Crippen LogP contribution < -0.4 is 10.1 Å². The van der Waals surface area contributed by atoms with Gasteiger partial charge in [0.25, 0.3) is 5.91 Å². The second-order valence-corrected chi connectivity index (χ2v) is 15.5. The minimum absolute atomic E-state index is 0.0359. The van der Waals surface area contributed by atoms with Gasteiger partial charge in [-0.3, -0.25) is 9.59 Å². The van der Waals surface area contributed by atoms with Crippen molar-refractivity contribution in [2.24, 2.45) is 11.8 Å². The average Bonchev–Trinajstić information content (AvgIpc) is 3.06. The Kier molecular flexibility index (Phi) is 13.2. The van der Waals surface area contributed by atoms with Gasteiger partial charge in [-0.05, 0) is 83.2 Å². The van der Waals surface area contributed by atoms with Gasteiger partial charge in [-0.1, -0.05) is 43.9 Å². The molecule has 0 radical (unpaired) electrons. The van der Waals surface area contributed by atoms with Crippen molar-refractivity contribution in [1.82, 2.24) is 9.21 Å². The number of aryl methyl sites for hydroxylation is 1. The molecule has 0 saturated heterocycles. The van der Waals surface area contributed by atoms with Crippen molar-refractivity contribution in [2.45, 2.75) is 102 Å². The molecule has 2 aliphatic rings. The standard InChI is InChI=1S/C36H53N3O7S/c1-25-14-17-31(18-15-25)47(43,44)38(5)23-34-26(2)22-39(27(3)24-40)36(42)32-21-30(37-35(41)29-12-7-6-8-13-29)16-19-33(32)46-28(4)11-9-10-20-45-34/h14-19,21,26-29,34,40H,6-13,20,22-24H2,1-5H3,(H,37,41)/t26-,27-,28+,34-/m1/s1. The van der Waals surface area contributed by atoms with Crippen molar-refractivity contribution in [2.75, 3.05) is 38.7 Å². The highest BCUT2D eigenvalue weighted by molar-refractivity contribution is 7.89. The normalized spacial score (nSPS) is 23.0. The van der Waals surface area contributed by atoms with Crippen LogP contribution in [-0.4, -0.2) is 86.1 Å². The number of amides is 2. The zero-order chi connectivity index (χ0) is 34.1. The first kappa shape index (κ1) is 36.8. The lowest BCUT2D eigenvalue weighted by Gasteiger charge is -2.35. The lowest BCUT2D eigenvalue weighted by Crippen LogP contribution is -2.48. The Morgan fingerprint density at radius 3 is 2.40 bits per heavy atom. The largest absolute Gasteiger partial charge is 0.490 e. The Hall–Kier alpha value is -2.99. The van der Waals surface area contributed by atoms with Gasteiger partial charge in [-0.15, -0.1) is 0 Å². The third-order valence-corrected chi connectivity index (χ3v) is 11.3. The summed E-state index contributed by atoms with van der Waals surface area (Å²) in [6.45, 7) is 8.05. The molecule has 2 aromatic carbocycles. The van der Waals surface area contributed by atoms with Crippen LogP contribution in [0.2, 0.25) is 0 Å². The molecule has 0 unspecified atom stereocenters. The summed E-state index contributed by atoms with van der Waals surface area (Å²) in [4.78, 5) is 29.3. The molecule has 1 aliphatic heterocycles. The van der Waals surface area contributed by atoms with Crippen LogP contribution in [0.15, 0.2) is 47.4 Å². The van der Waals surface area contributed by atoms with Crippen LogP contribution in [-0.2, 0) is 19.6 Å². The topological polar surface area (TPSA) is 125 Å². The number of hydrogen-bond donors (Lipinski definition) is 2. The fraction of sp³-hybridized carbons (Fsp3) is 0.611. The first-order valence-corrected chi connectivity index (χ1v) is 18.5. The molecule has 47 heavy (non-hydrogen) atoms. The molecule has 4 atom stereocenters. The van der Waals surface area contributed by atoms with E-state index in [1.54, 1.807) is 61.3 Å². The Labute approximate surface area is 280 Å². The average molecular weight is 672 g/mol. The molecule has 11 heteroatoms. The van der Waals surface area contributed by atoms with Crippen molar-refractivity contribution < 1.29 is 32.6 Å². The SMILES string of the molecule is Cc1ccc(S(=O)(=O)N(C)C[C@H]2OCCCC[C@H](C)Oc3ccc(NC(=O)C4CCCCC4)cc3C(=O)N([C@H](C)CO)C[C@H]2C)cc1. The van der Waals surface area contributed by atoms with E-state index in [0.717, 1.165) is 56.9 Å². The third kappa shape index (κ3) is 9.78. The summed E-state index contributed by atoms with van der Waals surface area (Å²) in [5, 5.41) is 13.3. The van der Waals surface area contributed by atoms with Gasteiger partial charge in [0, 0.05) is 44.3 Å². The zero-order valence-electron chi connectivity index (χ0n) is 28.6. The summed E-state index contributed by atoms with van der Waals surface area (Å²) in [5.74, 6) is -0.281. The van der Waals surface area contributed by atoms with Gasteiger partial charge in [-0.25, -0.2) is 8.42 Å². The van der Waals surface area contributed by atoms with Crippen LogP contribution in [0.3, 0.4) is 0 Å². The second-order valence-electron chi connectivity index (χ2n) is 13.4. The summed E-state index contributed by atoms with van der Waals surface area (Å²) in [7, 11) is -2.22. The minimum atomic E-state index is -3.77. The predicted octanol–water partition coefficient (Wildman–Crippen LogP) is 5.63. The molecular formula is C36H53N3O7S. The number of nitrogens with zero attached hydrogens (tertiary/aromatic N) is 2. The maximum Gasteiger partial charge on any atom is 0.258 e. The highest BCUT2D eigenvalue weighted by atomic mass is 32.2. The molecule has 4 rings (SSSR count). The number of ether oxygens (including phenoxy) is 2. The summed E-state index contributed by atoms with van der Waals surface area (Å²) < 4.78 is 40.9. The van der Waals surface area contributed by atoms with E-state index in [1.165, 1.54) is 4.31 Å². The molecule has 2 N–H and O–H groups in total. The molecule has 2 aromatic rings. The predicted molar refractivity (Wildman–Crippen MR) is 183 cm³/mol. The van der Waals surface area contributed by atoms with Gasteiger partial charge < -0.3 is 24.8 Å².